The maximum absolute atomic E-state index is 10.8. The molecule has 0 unspecified atom stereocenters. The van der Waals surface area contributed by atoms with E-state index in [0.29, 0.717) is 17.9 Å². The highest BCUT2D eigenvalue weighted by molar-refractivity contribution is 7.89. The Balaban J connectivity index is 0.000000283. The molecule has 14 heteroatoms. The van der Waals surface area contributed by atoms with Gasteiger partial charge < -0.3 is 5.11 Å². The van der Waals surface area contributed by atoms with Gasteiger partial charge in [0.25, 0.3) is 0 Å². The number of benzene rings is 3. The lowest BCUT2D eigenvalue weighted by Gasteiger charge is -1.97. The van der Waals surface area contributed by atoms with Gasteiger partial charge in [0, 0.05) is 6.20 Å². The number of hydrogen-bond acceptors (Lipinski definition) is 10. The quantitative estimate of drug-likeness (QED) is 0.260. The monoisotopic (exact) mass is 609 g/mol. The highest BCUT2D eigenvalue weighted by Crippen LogP contribution is 2.16. The number of nitrogens with zero attached hydrogens (tertiary/aromatic N) is 5. The molecule has 4 aromatic rings. The summed E-state index contributed by atoms with van der Waals surface area (Å²) in [7, 11) is -7.21. The number of rotatable bonds is 7. The van der Waals surface area contributed by atoms with E-state index < -0.39 is 20.0 Å². The fraction of sp³-hybridized carbons (Fsp3) is 0.0357. The van der Waals surface area contributed by atoms with E-state index >= 15 is 0 Å². The molecule has 0 aliphatic carbocycles. The van der Waals surface area contributed by atoms with Crippen molar-refractivity contribution in [2.45, 2.75) is 16.3 Å². The number of aliphatic imine (C=N–C) groups is 4. The van der Waals surface area contributed by atoms with Crippen LogP contribution in [0.2, 0.25) is 0 Å². The fourth-order valence-electron chi connectivity index (χ4n) is 2.73. The van der Waals surface area contributed by atoms with Gasteiger partial charge in [-0.2, -0.15) is 0 Å². The van der Waals surface area contributed by atoms with Crippen molar-refractivity contribution < 1.29 is 21.9 Å². The van der Waals surface area contributed by atoms with Crippen LogP contribution in [0.25, 0.3) is 0 Å². The van der Waals surface area contributed by atoms with Crippen molar-refractivity contribution in [3.8, 4) is 5.75 Å². The van der Waals surface area contributed by atoms with Crippen LogP contribution in [0, 0.1) is 0 Å². The molecule has 0 atom stereocenters. The predicted molar refractivity (Wildman–Crippen MR) is 169 cm³/mol. The molecule has 0 fully saturated rings. The van der Waals surface area contributed by atoms with Crippen molar-refractivity contribution in [3.63, 3.8) is 0 Å². The second-order valence-electron chi connectivity index (χ2n) is 7.82. The summed E-state index contributed by atoms with van der Waals surface area (Å²) in [6, 6.07) is 22.5. The van der Waals surface area contributed by atoms with E-state index in [-0.39, 0.29) is 15.5 Å². The average Bonchev–Trinajstić information content (AvgIpc) is 2.98. The highest BCUT2D eigenvalue weighted by Gasteiger charge is 2.07. The Morgan fingerprint density at radius 2 is 1.24 bits per heavy atom. The van der Waals surface area contributed by atoms with E-state index in [4.69, 9.17) is 15.4 Å². The predicted octanol–water partition coefficient (Wildman–Crippen LogP) is 4.34. The van der Waals surface area contributed by atoms with Crippen molar-refractivity contribution in [1.29, 1.82) is 0 Å². The van der Waals surface area contributed by atoms with E-state index in [2.05, 4.69) is 51.8 Å². The van der Waals surface area contributed by atoms with Crippen LogP contribution in [-0.4, -0.2) is 53.8 Å². The maximum atomic E-state index is 10.8. The summed E-state index contributed by atoms with van der Waals surface area (Å²) < 4.78 is 43.2. The summed E-state index contributed by atoms with van der Waals surface area (Å²) in [5.74, 6) is 0.279. The SMILES string of the molecule is C=NCc1cccc(O)c1.C=Nc1ccc(S(N)(=O)=O)cc1.C=Nc1cccc(S(N)(=O)=O)c1.C=Nc1cccnc1. The summed E-state index contributed by atoms with van der Waals surface area (Å²) >= 11 is 0. The Kier molecular flexibility index (Phi) is 14.8. The van der Waals surface area contributed by atoms with Gasteiger partial charge >= 0.3 is 0 Å². The van der Waals surface area contributed by atoms with Gasteiger partial charge in [-0.05, 0) is 99.2 Å². The van der Waals surface area contributed by atoms with Gasteiger partial charge in [-0.25, -0.2) is 27.1 Å². The first-order valence-electron chi connectivity index (χ1n) is 11.6. The van der Waals surface area contributed by atoms with Crippen LogP contribution in [0.5, 0.6) is 5.75 Å². The summed E-state index contributed by atoms with van der Waals surface area (Å²) in [6.07, 6.45) is 3.36. The van der Waals surface area contributed by atoms with Crippen molar-refractivity contribution in [2.75, 3.05) is 0 Å². The molecule has 3 aromatic carbocycles. The lowest BCUT2D eigenvalue weighted by Crippen LogP contribution is -2.11. The standard InChI is InChI=1S/C8H9NO.2C7H8N2O2S.C6H6N2/c1-9-6-7-3-2-4-8(10)5-7;1-9-6-2-4-7(5-3-6)12(8,10)11;1-9-6-3-2-4-7(5-6)12(8,10)11;1-7-6-3-2-4-8-5-6/h2-5,10H,1,6H2;2*2-5H,1H2,(H2,8,10,11);2-5H,1H2. The minimum atomic E-state index is -3.62. The van der Waals surface area contributed by atoms with Gasteiger partial charge in [-0.1, -0.05) is 18.2 Å². The lowest BCUT2D eigenvalue weighted by atomic mass is 10.2. The first-order chi connectivity index (χ1) is 19.8. The molecule has 1 aromatic heterocycles. The molecule has 0 radical (unpaired) electrons. The third-order valence-electron chi connectivity index (χ3n) is 4.71. The third kappa shape index (κ3) is 14.0. The minimum Gasteiger partial charge on any atom is -0.508 e. The second-order valence-corrected chi connectivity index (χ2v) is 10.9. The topological polar surface area (TPSA) is 203 Å². The Hall–Kier alpha value is -4.89. The van der Waals surface area contributed by atoms with Crippen molar-refractivity contribution >= 4 is 64.0 Å². The third-order valence-corrected chi connectivity index (χ3v) is 6.55. The molecule has 12 nitrogen and oxygen atoms in total. The molecule has 5 N–H and O–H groups in total. The van der Waals surface area contributed by atoms with Crippen molar-refractivity contribution in [3.05, 3.63) is 103 Å². The van der Waals surface area contributed by atoms with Crippen LogP contribution in [-0.2, 0) is 26.6 Å². The molecule has 0 bridgehead atoms. The molecule has 220 valence electrons. The molecule has 1 heterocycles. The lowest BCUT2D eigenvalue weighted by molar-refractivity contribution is 0.474. The number of pyridine rings is 1. The van der Waals surface area contributed by atoms with E-state index in [1.165, 1.54) is 36.4 Å². The summed E-state index contributed by atoms with van der Waals surface area (Å²) in [5.41, 5.74) is 2.89. The Morgan fingerprint density at radius 3 is 1.69 bits per heavy atom. The first-order valence-corrected chi connectivity index (χ1v) is 14.7. The fourth-order valence-corrected chi connectivity index (χ4v) is 3.80. The zero-order valence-electron chi connectivity index (χ0n) is 22.6. The van der Waals surface area contributed by atoms with E-state index in [9.17, 15) is 16.8 Å². The normalized spacial score (nSPS) is 10.1. The Morgan fingerprint density at radius 1 is 0.667 bits per heavy atom. The molecule has 0 spiro atoms. The van der Waals surface area contributed by atoms with Gasteiger partial charge in [-0.15, -0.1) is 0 Å². The largest absolute Gasteiger partial charge is 0.508 e. The number of hydrogen-bond donors (Lipinski definition) is 3. The number of aromatic nitrogens is 1. The molecule has 0 aliphatic rings. The number of primary sulfonamides is 2. The van der Waals surface area contributed by atoms with E-state index in [1.807, 2.05) is 18.2 Å². The van der Waals surface area contributed by atoms with Crippen LogP contribution in [0.3, 0.4) is 0 Å². The Labute approximate surface area is 245 Å². The number of nitrogens with two attached hydrogens (primary N) is 2. The molecular weight excluding hydrogens is 578 g/mol. The summed E-state index contributed by atoms with van der Waals surface area (Å²) in [4.78, 5) is 18.5. The Bertz CT molecular complexity index is 1680. The molecule has 0 saturated heterocycles. The van der Waals surface area contributed by atoms with Gasteiger partial charge in [0.05, 0.1) is 39.6 Å². The highest BCUT2D eigenvalue weighted by atomic mass is 32.2. The molecule has 0 saturated carbocycles. The molecule has 0 aliphatic heterocycles. The molecule has 4 rings (SSSR count). The summed E-state index contributed by atoms with van der Waals surface area (Å²) in [5, 5.41) is 18.7. The number of sulfonamides is 2. The smallest absolute Gasteiger partial charge is 0.238 e. The van der Waals surface area contributed by atoms with Crippen LogP contribution < -0.4 is 10.3 Å². The minimum absolute atomic E-state index is 0.0485. The van der Waals surface area contributed by atoms with Crippen LogP contribution in [0.1, 0.15) is 5.56 Å². The second kappa shape index (κ2) is 17.7. The van der Waals surface area contributed by atoms with Crippen LogP contribution in [0.15, 0.2) is 127 Å². The number of phenols is 1. The number of phenolic OH excluding ortho intramolecular Hbond substituents is 1. The van der Waals surface area contributed by atoms with Crippen LogP contribution in [0.4, 0.5) is 17.1 Å². The van der Waals surface area contributed by atoms with E-state index in [0.717, 1.165) is 11.3 Å². The first kappa shape index (κ1) is 35.1. The molecule has 42 heavy (non-hydrogen) atoms. The zero-order chi connectivity index (χ0) is 31.6. The van der Waals surface area contributed by atoms with Gasteiger partial charge in [-0.3, -0.25) is 25.0 Å². The summed E-state index contributed by atoms with van der Waals surface area (Å²) in [6.45, 7) is 13.8. The zero-order valence-corrected chi connectivity index (χ0v) is 24.2. The molecular formula is C28H31N7O5S2. The van der Waals surface area contributed by atoms with Crippen molar-refractivity contribution in [2.24, 2.45) is 30.2 Å². The average molecular weight is 610 g/mol. The van der Waals surface area contributed by atoms with E-state index in [1.54, 1.807) is 42.7 Å². The van der Waals surface area contributed by atoms with Gasteiger partial charge in [0.2, 0.25) is 20.0 Å². The molecule has 0 amide bonds. The number of aromatic hydroxyl groups is 1. The van der Waals surface area contributed by atoms with Gasteiger partial charge in [0.1, 0.15) is 5.75 Å². The van der Waals surface area contributed by atoms with Gasteiger partial charge in [0.15, 0.2) is 0 Å². The van der Waals surface area contributed by atoms with Crippen molar-refractivity contribution in [1.82, 2.24) is 4.98 Å². The van der Waals surface area contributed by atoms with Crippen LogP contribution >= 0.6 is 0 Å². The maximum Gasteiger partial charge on any atom is 0.238 e.